The van der Waals surface area contributed by atoms with E-state index in [2.05, 4.69) is 16.3 Å². The van der Waals surface area contributed by atoms with E-state index in [1.807, 2.05) is 39.0 Å². The van der Waals surface area contributed by atoms with Gasteiger partial charge in [0.1, 0.15) is 5.60 Å². The van der Waals surface area contributed by atoms with E-state index in [0.717, 1.165) is 37.2 Å². The topological polar surface area (TPSA) is 61.8 Å². The van der Waals surface area contributed by atoms with Crippen molar-refractivity contribution >= 4 is 11.8 Å². The van der Waals surface area contributed by atoms with Gasteiger partial charge in [-0.2, -0.15) is 0 Å². The highest BCUT2D eigenvalue weighted by molar-refractivity contribution is 5.67. The number of nitrogens with zero attached hydrogens (tertiary/aromatic N) is 1. The van der Waals surface area contributed by atoms with Gasteiger partial charge in [-0.25, -0.2) is 4.79 Å². The van der Waals surface area contributed by atoms with Gasteiger partial charge in [-0.1, -0.05) is 12.1 Å². The highest BCUT2D eigenvalue weighted by Crippen LogP contribution is 2.24. The van der Waals surface area contributed by atoms with E-state index >= 15 is 0 Å². The van der Waals surface area contributed by atoms with Crippen LogP contribution < -0.4 is 10.2 Å². The van der Waals surface area contributed by atoms with Crippen molar-refractivity contribution in [1.29, 1.82) is 0 Å². The maximum Gasteiger partial charge on any atom is 0.407 e. The molecule has 1 aromatic rings. The smallest absolute Gasteiger partial charge is 0.407 e. The third-order valence-corrected chi connectivity index (χ3v) is 4.01. The van der Waals surface area contributed by atoms with Crippen LogP contribution in [0.15, 0.2) is 24.3 Å². The zero-order chi connectivity index (χ0) is 16.9. The molecule has 0 aliphatic carbocycles. The van der Waals surface area contributed by atoms with Crippen molar-refractivity contribution in [3.8, 4) is 0 Å². The van der Waals surface area contributed by atoms with Crippen molar-refractivity contribution in [2.45, 2.75) is 45.8 Å². The molecule has 0 atom stereocenters. The third-order valence-electron chi connectivity index (χ3n) is 4.01. The number of nitrogens with one attached hydrogen (secondary N) is 1. The van der Waals surface area contributed by atoms with E-state index in [1.165, 1.54) is 0 Å². The first-order valence-electron chi connectivity index (χ1n) is 8.29. The summed E-state index contributed by atoms with van der Waals surface area (Å²) in [4.78, 5) is 14.0. The summed E-state index contributed by atoms with van der Waals surface area (Å²) in [5.41, 5.74) is 1.65. The van der Waals surface area contributed by atoms with Gasteiger partial charge < -0.3 is 20.1 Å². The number of carbonyl (C=O) groups excluding carboxylic acids is 1. The highest BCUT2D eigenvalue weighted by Gasteiger charge is 2.21. The van der Waals surface area contributed by atoms with Gasteiger partial charge in [-0.3, -0.25) is 0 Å². The molecular weight excluding hydrogens is 292 g/mol. The monoisotopic (exact) mass is 320 g/mol. The fourth-order valence-corrected chi connectivity index (χ4v) is 2.79. The summed E-state index contributed by atoms with van der Waals surface area (Å²) >= 11 is 0. The van der Waals surface area contributed by atoms with E-state index in [9.17, 15) is 9.90 Å². The van der Waals surface area contributed by atoms with Crippen molar-refractivity contribution in [3.63, 3.8) is 0 Å². The molecular formula is C18H28N2O3. The quantitative estimate of drug-likeness (QED) is 0.895. The summed E-state index contributed by atoms with van der Waals surface area (Å²) in [5, 5.41) is 12.1. The Bertz CT molecular complexity index is 517. The molecule has 0 bridgehead atoms. The molecule has 1 amide bonds. The van der Waals surface area contributed by atoms with Crippen LogP contribution >= 0.6 is 0 Å². The first kappa shape index (κ1) is 17.6. The van der Waals surface area contributed by atoms with Crippen LogP contribution in [0.3, 0.4) is 0 Å². The van der Waals surface area contributed by atoms with Crippen molar-refractivity contribution in [3.05, 3.63) is 29.8 Å². The number of amides is 1. The van der Waals surface area contributed by atoms with Crippen molar-refractivity contribution in [2.75, 3.05) is 24.5 Å². The number of benzene rings is 1. The predicted octanol–water partition coefficient (Wildman–Crippen LogP) is 2.92. The molecule has 5 nitrogen and oxygen atoms in total. The molecule has 5 heteroatoms. The average molecular weight is 320 g/mol. The van der Waals surface area contributed by atoms with Crippen molar-refractivity contribution in [1.82, 2.24) is 5.32 Å². The van der Waals surface area contributed by atoms with Crippen LogP contribution in [0.5, 0.6) is 0 Å². The maximum absolute atomic E-state index is 11.7. The predicted molar refractivity (Wildman–Crippen MR) is 91.5 cm³/mol. The molecule has 23 heavy (non-hydrogen) atoms. The Labute approximate surface area is 138 Å². The molecule has 0 aromatic heterocycles. The molecule has 128 valence electrons. The Morgan fingerprint density at radius 2 is 2.04 bits per heavy atom. The van der Waals surface area contributed by atoms with Crippen LogP contribution in [0.25, 0.3) is 0 Å². The Morgan fingerprint density at radius 3 is 2.65 bits per heavy atom. The second kappa shape index (κ2) is 7.68. The zero-order valence-corrected chi connectivity index (χ0v) is 14.3. The minimum atomic E-state index is -0.453. The molecule has 2 rings (SSSR count). The lowest BCUT2D eigenvalue weighted by molar-refractivity contribution is 0.0517. The van der Waals surface area contributed by atoms with Gasteiger partial charge in [0, 0.05) is 25.3 Å². The largest absolute Gasteiger partial charge is 0.444 e. The van der Waals surface area contributed by atoms with Crippen molar-refractivity contribution < 1.29 is 14.6 Å². The maximum atomic E-state index is 11.7. The number of carbonyl (C=O) groups is 1. The molecule has 1 heterocycles. The van der Waals surface area contributed by atoms with E-state index in [0.29, 0.717) is 12.5 Å². The van der Waals surface area contributed by atoms with Gasteiger partial charge >= 0.3 is 6.09 Å². The number of piperidine rings is 1. The SMILES string of the molecule is CC(C)(C)OC(=O)NCC1CCN(c2cccc(CO)c2)CC1. The lowest BCUT2D eigenvalue weighted by Gasteiger charge is -2.34. The van der Waals surface area contributed by atoms with E-state index in [4.69, 9.17) is 4.74 Å². The van der Waals surface area contributed by atoms with Crippen LogP contribution in [0.2, 0.25) is 0 Å². The number of hydrogen-bond acceptors (Lipinski definition) is 4. The fraction of sp³-hybridized carbons (Fsp3) is 0.611. The number of alkyl carbamates (subject to hydrolysis) is 1. The second-order valence-corrected chi connectivity index (χ2v) is 7.14. The van der Waals surface area contributed by atoms with Crippen molar-refractivity contribution in [2.24, 2.45) is 5.92 Å². The lowest BCUT2D eigenvalue weighted by atomic mass is 9.96. The van der Waals surface area contributed by atoms with Crippen LogP contribution in [-0.2, 0) is 11.3 Å². The number of rotatable bonds is 4. The number of anilines is 1. The zero-order valence-electron chi connectivity index (χ0n) is 14.3. The number of hydrogen-bond donors (Lipinski definition) is 2. The van der Waals surface area contributed by atoms with Gasteiger partial charge in [-0.15, -0.1) is 0 Å². The lowest BCUT2D eigenvalue weighted by Crippen LogP contribution is -2.40. The molecule has 1 aliphatic heterocycles. The molecule has 0 radical (unpaired) electrons. The first-order chi connectivity index (χ1) is 10.9. The second-order valence-electron chi connectivity index (χ2n) is 7.14. The molecule has 0 spiro atoms. The molecule has 0 unspecified atom stereocenters. The summed E-state index contributed by atoms with van der Waals surface area (Å²) in [6, 6.07) is 8.04. The molecule has 1 aliphatic rings. The summed E-state index contributed by atoms with van der Waals surface area (Å²) < 4.78 is 5.26. The minimum absolute atomic E-state index is 0.0735. The van der Waals surface area contributed by atoms with Gasteiger partial charge in [-0.05, 0) is 57.2 Å². The van der Waals surface area contributed by atoms with E-state index in [1.54, 1.807) is 0 Å². The number of aliphatic hydroxyl groups is 1. The summed E-state index contributed by atoms with van der Waals surface area (Å²) in [5.74, 6) is 0.486. The normalized spacial score (nSPS) is 16.3. The molecule has 1 fully saturated rings. The average Bonchev–Trinajstić information content (AvgIpc) is 2.52. The highest BCUT2D eigenvalue weighted by atomic mass is 16.6. The Morgan fingerprint density at radius 1 is 1.35 bits per heavy atom. The number of ether oxygens (including phenoxy) is 1. The minimum Gasteiger partial charge on any atom is -0.444 e. The van der Waals surface area contributed by atoms with Gasteiger partial charge in [0.2, 0.25) is 0 Å². The summed E-state index contributed by atoms with van der Waals surface area (Å²) in [6.45, 7) is 8.28. The van der Waals surface area contributed by atoms with Gasteiger partial charge in [0.15, 0.2) is 0 Å². The summed E-state index contributed by atoms with van der Waals surface area (Å²) in [6.07, 6.45) is 1.74. The van der Waals surface area contributed by atoms with Gasteiger partial charge in [0.05, 0.1) is 6.61 Å². The number of aliphatic hydroxyl groups excluding tert-OH is 1. The van der Waals surface area contributed by atoms with Crippen LogP contribution in [0, 0.1) is 5.92 Å². The molecule has 0 saturated carbocycles. The Balaban J connectivity index is 1.76. The van der Waals surface area contributed by atoms with Crippen LogP contribution in [0.1, 0.15) is 39.2 Å². The Kier molecular flexibility index (Phi) is 5.88. The van der Waals surface area contributed by atoms with E-state index < -0.39 is 5.60 Å². The van der Waals surface area contributed by atoms with Crippen LogP contribution in [-0.4, -0.2) is 36.4 Å². The third kappa shape index (κ3) is 5.75. The summed E-state index contributed by atoms with van der Waals surface area (Å²) in [7, 11) is 0. The Hall–Kier alpha value is -1.75. The van der Waals surface area contributed by atoms with Crippen LogP contribution in [0.4, 0.5) is 10.5 Å². The fourth-order valence-electron chi connectivity index (χ4n) is 2.79. The molecule has 2 N–H and O–H groups in total. The first-order valence-corrected chi connectivity index (χ1v) is 8.29. The van der Waals surface area contributed by atoms with Gasteiger partial charge in [0.25, 0.3) is 0 Å². The molecule has 1 saturated heterocycles. The standard InChI is InChI=1S/C18H28N2O3/c1-18(2,3)23-17(22)19-12-14-7-9-20(10-8-14)16-6-4-5-15(11-16)13-21/h4-6,11,14,21H,7-10,12-13H2,1-3H3,(H,19,22). The molecule has 1 aromatic carbocycles. The van der Waals surface area contributed by atoms with E-state index in [-0.39, 0.29) is 12.7 Å².